The highest BCUT2D eigenvalue weighted by Gasteiger charge is 2.25. The molecule has 1 aliphatic heterocycles. The number of likely N-dealkylation sites (tertiary alicyclic amines) is 1. The summed E-state index contributed by atoms with van der Waals surface area (Å²) in [7, 11) is 0. The van der Waals surface area contributed by atoms with Crippen LogP contribution in [0.3, 0.4) is 0 Å². The summed E-state index contributed by atoms with van der Waals surface area (Å²) in [6.45, 7) is 5.57. The number of aryl methyl sites for hydroxylation is 2. The number of carbonyl (C=O) groups excluding carboxylic acids is 1. The molecule has 1 aliphatic rings. The number of piperidine rings is 1. The first-order valence-corrected chi connectivity index (χ1v) is 8.42. The van der Waals surface area contributed by atoms with Crippen molar-refractivity contribution < 1.29 is 4.79 Å². The number of amides is 1. The SMILES string of the molecule is CCc1nccn1CC(=O)N1CCC(c2cc(=O)[nH]c(C)n2)CC1. The van der Waals surface area contributed by atoms with Crippen LogP contribution >= 0.6 is 0 Å². The molecule has 1 saturated heterocycles. The van der Waals surface area contributed by atoms with Crippen molar-refractivity contribution in [3.8, 4) is 0 Å². The van der Waals surface area contributed by atoms with E-state index in [4.69, 9.17) is 0 Å². The highest BCUT2D eigenvalue weighted by molar-refractivity contribution is 5.76. The van der Waals surface area contributed by atoms with E-state index in [1.54, 1.807) is 19.2 Å². The molecule has 2 aromatic heterocycles. The highest BCUT2D eigenvalue weighted by Crippen LogP contribution is 2.26. The number of imidazole rings is 1. The van der Waals surface area contributed by atoms with Gasteiger partial charge in [-0.05, 0) is 19.8 Å². The molecule has 0 spiro atoms. The van der Waals surface area contributed by atoms with Crippen LogP contribution in [0.2, 0.25) is 0 Å². The van der Waals surface area contributed by atoms with E-state index in [0.717, 1.165) is 30.8 Å². The van der Waals surface area contributed by atoms with Crippen LogP contribution in [0.25, 0.3) is 0 Å². The van der Waals surface area contributed by atoms with Crippen LogP contribution in [0.4, 0.5) is 0 Å². The Morgan fingerprint density at radius 1 is 1.38 bits per heavy atom. The maximum Gasteiger partial charge on any atom is 0.251 e. The van der Waals surface area contributed by atoms with E-state index in [9.17, 15) is 9.59 Å². The number of aromatic nitrogens is 4. The first-order valence-electron chi connectivity index (χ1n) is 8.42. The van der Waals surface area contributed by atoms with Crippen molar-refractivity contribution in [2.45, 2.75) is 45.6 Å². The second kappa shape index (κ2) is 6.98. The van der Waals surface area contributed by atoms with E-state index in [-0.39, 0.29) is 17.4 Å². The van der Waals surface area contributed by atoms with Gasteiger partial charge in [0.15, 0.2) is 0 Å². The largest absolute Gasteiger partial charge is 0.341 e. The number of rotatable bonds is 4. The molecule has 1 amide bonds. The van der Waals surface area contributed by atoms with Gasteiger partial charge in [0.25, 0.3) is 5.56 Å². The average Bonchev–Trinajstić information content (AvgIpc) is 3.01. The molecule has 1 fully saturated rings. The molecule has 0 atom stereocenters. The van der Waals surface area contributed by atoms with E-state index in [1.165, 1.54) is 0 Å². The second-order valence-electron chi connectivity index (χ2n) is 6.24. The zero-order chi connectivity index (χ0) is 17.1. The molecule has 3 rings (SSSR count). The predicted octanol–water partition coefficient (Wildman–Crippen LogP) is 1.24. The first kappa shape index (κ1) is 16.4. The first-order chi connectivity index (χ1) is 11.6. The van der Waals surface area contributed by atoms with Gasteiger partial charge in [-0.1, -0.05) is 6.92 Å². The molecule has 1 N–H and O–H groups in total. The minimum absolute atomic E-state index is 0.108. The van der Waals surface area contributed by atoms with Crippen molar-refractivity contribution in [3.05, 3.63) is 46.2 Å². The summed E-state index contributed by atoms with van der Waals surface area (Å²) in [4.78, 5) is 37.4. The van der Waals surface area contributed by atoms with Crippen molar-refractivity contribution in [1.82, 2.24) is 24.4 Å². The molecule has 128 valence electrons. The van der Waals surface area contributed by atoms with Gasteiger partial charge in [0.05, 0.1) is 5.69 Å². The number of nitrogens with zero attached hydrogens (tertiary/aromatic N) is 4. The highest BCUT2D eigenvalue weighted by atomic mass is 16.2. The third-order valence-electron chi connectivity index (χ3n) is 4.57. The molecule has 24 heavy (non-hydrogen) atoms. The maximum absolute atomic E-state index is 12.5. The molecular weight excluding hydrogens is 306 g/mol. The zero-order valence-corrected chi connectivity index (χ0v) is 14.2. The molecule has 3 heterocycles. The summed E-state index contributed by atoms with van der Waals surface area (Å²) in [6.07, 6.45) is 6.08. The lowest BCUT2D eigenvalue weighted by molar-refractivity contribution is -0.132. The monoisotopic (exact) mass is 329 g/mol. The summed E-state index contributed by atoms with van der Waals surface area (Å²) in [5.41, 5.74) is 0.731. The van der Waals surface area contributed by atoms with Crippen molar-refractivity contribution in [1.29, 1.82) is 0 Å². The summed E-state index contributed by atoms with van der Waals surface area (Å²) in [5.74, 6) is 1.94. The fraction of sp³-hybridized carbons (Fsp3) is 0.529. The Kier molecular flexibility index (Phi) is 4.78. The van der Waals surface area contributed by atoms with Crippen LogP contribution in [-0.2, 0) is 17.8 Å². The van der Waals surface area contributed by atoms with Crippen LogP contribution in [-0.4, -0.2) is 43.4 Å². The molecule has 7 heteroatoms. The second-order valence-corrected chi connectivity index (χ2v) is 6.24. The number of carbonyl (C=O) groups is 1. The summed E-state index contributed by atoms with van der Waals surface area (Å²) < 4.78 is 1.91. The number of hydrogen-bond acceptors (Lipinski definition) is 4. The van der Waals surface area contributed by atoms with Gasteiger partial charge in [0, 0.05) is 43.9 Å². The standard InChI is InChI=1S/C17H23N5O2/c1-3-15-18-6-9-22(15)11-17(24)21-7-4-13(5-8-21)14-10-16(23)20-12(2)19-14/h6,9-10,13H,3-5,7-8,11H2,1-2H3,(H,19,20,23). The van der Waals surface area contributed by atoms with Crippen LogP contribution in [0.5, 0.6) is 0 Å². The van der Waals surface area contributed by atoms with Crippen molar-refractivity contribution in [2.24, 2.45) is 0 Å². The molecule has 0 unspecified atom stereocenters. The number of nitrogens with one attached hydrogen (secondary N) is 1. The lowest BCUT2D eigenvalue weighted by Gasteiger charge is -2.32. The Labute approximate surface area is 140 Å². The lowest BCUT2D eigenvalue weighted by atomic mass is 9.93. The van der Waals surface area contributed by atoms with Gasteiger partial charge >= 0.3 is 0 Å². The van der Waals surface area contributed by atoms with E-state index >= 15 is 0 Å². The van der Waals surface area contributed by atoms with Crippen LogP contribution in [0.15, 0.2) is 23.3 Å². The lowest BCUT2D eigenvalue weighted by Crippen LogP contribution is -2.40. The molecule has 2 aromatic rings. The van der Waals surface area contributed by atoms with Gasteiger partial charge in [0.2, 0.25) is 5.91 Å². The van der Waals surface area contributed by atoms with Crippen LogP contribution < -0.4 is 5.56 Å². The van der Waals surface area contributed by atoms with Gasteiger partial charge in [-0.2, -0.15) is 0 Å². The maximum atomic E-state index is 12.5. The average molecular weight is 329 g/mol. The van der Waals surface area contributed by atoms with E-state index < -0.39 is 0 Å². The normalized spacial score (nSPS) is 15.7. The van der Waals surface area contributed by atoms with E-state index in [1.807, 2.05) is 22.6 Å². The van der Waals surface area contributed by atoms with E-state index in [2.05, 4.69) is 15.0 Å². The Hall–Kier alpha value is -2.44. The summed E-state index contributed by atoms with van der Waals surface area (Å²) in [6, 6.07) is 1.58. The molecule has 0 aromatic carbocycles. The fourth-order valence-corrected chi connectivity index (χ4v) is 3.28. The Morgan fingerprint density at radius 3 is 2.79 bits per heavy atom. The molecule has 7 nitrogen and oxygen atoms in total. The van der Waals surface area contributed by atoms with Crippen molar-refractivity contribution in [3.63, 3.8) is 0 Å². The van der Waals surface area contributed by atoms with Gasteiger partial charge in [0.1, 0.15) is 18.2 Å². The quantitative estimate of drug-likeness (QED) is 0.915. The zero-order valence-electron chi connectivity index (χ0n) is 14.2. The third-order valence-corrected chi connectivity index (χ3v) is 4.57. The van der Waals surface area contributed by atoms with Gasteiger partial charge in [-0.25, -0.2) is 9.97 Å². The minimum Gasteiger partial charge on any atom is -0.341 e. The topological polar surface area (TPSA) is 83.9 Å². The predicted molar refractivity (Wildman–Crippen MR) is 89.8 cm³/mol. The summed E-state index contributed by atoms with van der Waals surface area (Å²) in [5, 5.41) is 0. The Balaban J connectivity index is 1.60. The van der Waals surface area contributed by atoms with Gasteiger partial charge in [-0.3, -0.25) is 9.59 Å². The fourth-order valence-electron chi connectivity index (χ4n) is 3.28. The number of H-pyrrole nitrogens is 1. The molecule has 0 bridgehead atoms. The van der Waals surface area contributed by atoms with Crippen molar-refractivity contribution >= 4 is 5.91 Å². The smallest absolute Gasteiger partial charge is 0.251 e. The molecule has 0 aliphatic carbocycles. The number of aromatic amines is 1. The molecule has 0 radical (unpaired) electrons. The Bertz CT molecular complexity index is 771. The van der Waals surface area contributed by atoms with Crippen molar-refractivity contribution in [2.75, 3.05) is 13.1 Å². The molecule has 0 saturated carbocycles. The van der Waals surface area contributed by atoms with E-state index in [0.29, 0.717) is 25.5 Å². The van der Waals surface area contributed by atoms with Crippen LogP contribution in [0, 0.1) is 6.92 Å². The van der Waals surface area contributed by atoms with Crippen LogP contribution in [0.1, 0.15) is 43.0 Å². The molecular formula is C17H23N5O2. The van der Waals surface area contributed by atoms with Gasteiger partial charge in [-0.15, -0.1) is 0 Å². The Morgan fingerprint density at radius 2 is 2.12 bits per heavy atom. The van der Waals surface area contributed by atoms with Gasteiger partial charge < -0.3 is 14.5 Å². The summed E-state index contributed by atoms with van der Waals surface area (Å²) >= 11 is 0. The number of hydrogen-bond donors (Lipinski definition) is 1. The minimum atomic E-state index is -0.108. The third kappa shape index (κ3) is 3.55.